The lowest BCUT2D eigenvalue weighted by Gasteiger charge is -2.19. The van der Waals surface area contributed by atoms with Gasteiger partial charge in [-0.15, -0.1) is 10.2 Å². The predicted octanol–water partition coefficient (Wildman–Crippen LogP) is 2.96. The molecule has 1 aromatic rings. The van der Waals surface area contributed by atoms with Gasteiger partial charge in [0.25, 0.3) is 0 Å². The van der Waals surface area contributed by atoms with Crippen LogP contribution in [-0.2, 0) is 11.2 Å². The van der Waals surface area contributed by atoms with Crippen LogP contribution in [0.15, 0.2) is 0 Å². The van der Waals surface area contributed by atoms with E-state index >= 15 is 0 Å². The molecule has 1 aromatic heterocycles. The number of ether oxygens (including phenoxy) is 1. The highest BCUT2D eigenvalue weighted by Gasteiger charge is 2.20. The van der Waals surface area contributed by atoms with Gasteiger partial charge in [0, 0.05) is 13.0 Å². The SMILES string of the molecule is CC(C)CNCCCc1nnc(C2CCCCO2)s1. The number of nitrogens with one attached hydrogen (secondary N) is 1. The molecular weight excluding hydrogens is 258 g/mol. The van der Waals surface area contributed by atoms with Crippen molar-refractivity contribution in [3.8, 4) is 0 Å². The van der Waals surface area contributed by atoms with Crippen LogP contribution in [0.25, 0.3) is 0 Å². The molecule has 2 heterocycles. The normalized spacial score (nSPS) is 20.1. The summed E-state index contributed by atoms with van der Waals surface area (Å²) >= 11 is 1.73. The fourth-order valence-electron chi connectivity index (χ4n) is 2.19. The number of rotatable bonds is 7. The van der Waals surface area contributed by atoms with Gasteiger partial charge in [-0.1, -0.05) is 25.2 Å². The van der Waals surface area contributed by atoms with Gasteiger partial charge in [0.2, 0.25) is 0 Å². The van der Waals surface area contributed by atoms with Gasteiger partial charge in [-0.2, -0.15) is 0 Å². The summed E-state index contributed by atoms with van der Waals surface area (Å²) in [7, 11) is 0. The molecule has 0 spiro atoms. The molecule has 1 N–H and O–H groups in total. The molecule has 0 saturated carbocycles. The molecule has 5 heteroatoms. The van der Waals surface area contributed by atoms with Crippen molar-refractivity contribution < 1.29 is 4.74 Å². The fourth-order valence-corrected chi connectivity index (χ4v) is 3.16. The second-order valence-corrected chi connectivity index (χ2v) is 6.68. The number of nitrogens with zero attached hydrogens (tertiary/aromatic N) is 2. The van der Waals surface area contributed by atoms with E-state index in [1.165, 1.54) is 12.8 Å². The van der Waals surface area contributed by atoms with Crippen LogP contribution in [0.1, 0.15) is 55.6 Å². The second kappa shape index (κ2) is 7.92. The van der Waals surface area contributed by atoms with Crippen molar-refractivity contribution in [2.75, 3.05) is 19.7 Å². The summed E-state index contributed by atoms with van der Waals surface area (Å²) in [6, 6.07) is 0. The van der Waals surface area contributed by atoms with Crippen molar-refractivity contribution in [1.82, 2.24) is 15.5 Å². The van der Waals surface area contributed by atoms with E-state index in [0.29, 0.717) is 0 Å². The van der Waals surface area contributed by atoms with E-state index in [2.05, 4.69) is 29.4 Å². The number of aromatic nitrogens is 2. The van der Waals surface area contributed by atoms with Crippen LogP contribution >= 0.6 is 11.3 Å². The van der Waals surface area contributed by atoms with E-state index in [9.17, 15) is 0 Å². The van der Waals surface area contributed by atoms with Gasteiger partial charge in [-0.25, -0.2) is 0 Å². The van der Waals surface area contributed by atoms with Crippen molar-refractivity contribution in [2.24, 2.45) is 5.92 Å². The summed E-state index contributed by atoms with van der Waals surface area (Å²) in [6.45, 7) is 7.49. The highest BCUT2D eigenvalue weighted by Crippen LogP contribution is 2.29. The highest BCUT2D eigenvalue weighted by atomic mass is 32.1. The molecule has 0 amide bonds. The first kappa shape index (κ1) is 14.9. The maximum absolute atomic E-state index is 5.74. The van der Waals surface area contributed by atoms with Crippen LogP contribution in [0, 0.1) is 5.92 Å². The first-order chi connectivity index (χ1) is 9.25. The van der Waals surface area contributed by atoms with Gasteiger partial charge >= 0.3 is 0 Å². The third kappa shape index (κ3) is 5.16. The molecule has 0 aromatic carbocycles. The Morgan fingerprint density at radius 1 is 1.37 bits per heavy atom. The van der Waals surface area contributed by atoms with Crippen molar-refractivity contribution in [2.45, 2.75) is 52.1 Å². The van der Waals surface area contributed by atoms with Gasteiger partial charge < -0.3 is 10.1 Å². The van der Waals surface area contributed by atoms with Crippen molar-refractivity contribution in [3.63, 3.8) is 0 Å². The minimum Gasteiger partial charge on any atom is -0.371 e. The standard InChI is InChI=1S/C14H25N3OS/c1-11(2)10-15-8-5-7-13-16-17-14(19-13)12-6-3-4-9-18-12/h11-12,15H,3-10H2,1-2H3. The summed E-state index contributed by atoms with van der Waals surface area (Å²) in [4.78, 5) is 0. The Kier molecular flexibility index (Phi) is 6.20. The Labute approximate surface area is 120 Å². The third-order valence-corrected chi connectivity index (χ3v) is 4.31. The smallest absolute Gasteiger partial charge is 0.146 e. The summed E-state index contributed by atoms with van der Waals surface area (Å²) in [5.41, 5.74) is 0. The molecule has 1 atom stereocenters. The molecule has 108 valence electrons. The summed E-state index contributed by atoms with van der Waals surface area (Å²) in [5.74, 6) is 0.719. The molecule has 0 aliphatic carbocycles. The number of hydrogen-bond donors (Lipinski definition) is 1. The van der Waals surface area contributed by atoms with E-state index in [1.807, 2.05) is 0 Å². The van der Waals surface area contributed by atoms with Crippen LogP contribution < -0.4 is 5.32 Å². The average molecular weight is 283 g/mol. The second-order valence-electron chi connectivity index (χ2n) is 5.59. The van der Waals surface area contributed by atoms with Crippen molar-refractivity contribution >= 4 is 11.3 Å². The number of aryl methyl sites for hydroxylation is 1. The van der Waals surface area contributed by atoms with Crippen LogP contribution in [0.5, 0.6) is 0 Å². The third-order valence-electron chi connectivity index (χ3n) is 3.23. The lowest BCUT2D eigenvalue weighted by atomic mass is 10.1. The van der Waals surface area contributed by atoms with Gasteiger partial charge in [-0.3, -0.25) is 0 Å². The van der Waals surface area contributed by atoms with Crippen LogP contribution in [-0.4, -0.2) is 29.9 Å². The van der Waals surface area contributed by atoms with Crippen molar-refractivity contribution in [3.05, 3.63) is 10.0 Å². The maximum atomic E-state index is 5.74. The summed E-state index contributed by atoms with van der Waals surface area (Å²) in [6.07, 6.45) is 5.90. The maximum Gasteiger partial charge on any atom is 0.146 e. The molecule has 1 saturated heterocycles. The first-order valence-electron chi connectivity index (χ1n) is 7.40. The lowest BCUT2D eigenvalue weighted by molar-refractivity contribution is 0.0144. The quantitative estimate of drug-likeness (QED) is 0.782. The molecule has 19 heavy (non-hydrogen) atoms. The van der Waals surface area contributed by atoms with Crippen LogP contribution in [0.2, 0.25) is 0 Å². The van der Waals surface area contributed by atoms with Gasteiger partial charge in [-0.05, 0) is 44.7 Å². The molecule has 0 bridgehead atoms. The Balaban J connectivity index is 1.68. The Hall–Kier alpha value is -0.520. The van der Waals surface area contributed by atoms with Crippen molar-refractivity contribution in [1.29, 1.82) is 0 Å². The summed E-state index contributed by atoms with van der Waals surface area (Å²) < 4.78 is 5.74. The van der Waals surface area contributed by atoms with E-state index < -0.39 is 0 Å². The van der Waals surface area contributed by atoms with Gasteiger partial charge in [0.1, 0.15) is 16.1 Å². The van der Waals surface area contributed by atoms with Crippen LogP contribution in [0.4, 0.5) is 0 Å². The zero-order valence-corrected chi connectivity index (χ0v) is 12.8. The lowest BCUT2D eigenvalue weighted by Crippen LogP contribution is -2.21. The average Bonchev–Trinajstić information content (AvgIpc) is 2.88. The van der Waals surface area contributed by atoms with E-state index in [1.54, 1.807) is 11.3 Å². The zero-order valence-electron chi connectivity index (χ0n) is 12.0. The molecule has 1 unspecified atom stereocenters. The fraction of sp³-hybridized carbons (Fsp3) is 0.857. The molecule has 0 radical (unpaired) electrons. The molecule has 2 rings (SSSR count). The molecule has 1 fully saturated rings. The Morgan fingerprint density at radius 3 is 3.00 bits per heavy atom. The zero-order chi connectivity index (χ0) is 13.5. The van der Waals surface area contributed by atoms with Gasteiger partial charge in [0.15, 0.2) is 0 Å². The summed E-state index contributed by atoms with van der Waals surface area (Å²) in [5, 5.41) is 14.3. The first-order valence-corrected chi connectivity index (χ1v) is 8.22. The van der Waals surface area contributed by atoms with E-state index in [0.717, 1.165) is 54.9 Å². The minimum atomic E-state index is 0.207. The van der Waals surface area contributed by atoms with Crippen LogP contribution in [0.3, 0.4) is 0 Å². The minimum absolute atomic E-state index is 0.207. The predicted molar refractivity (Wildman–Crippen MR) is 78.5 cm³/mol. The van der Waals surface area contributed by atoms with E-state index in [4.69, 9.17) is 4.74 Å². The van der Waals surface area contributed by atoms with Gasteiger partial charge in [0.05, 0.1) is 0 Å². The molecule has 1 aliphatic heterocycles. The number of hydrogen-bond acceptors (Lipinski definition) is 5. The highest BCUT2D eigenvalue weighted by molar-refractivity contribution is 7.11. The largest absolute Gasteiger partial charge is 0.371 e. The topological polar surface area (TPSA) is 47.0 Å². The Morgan fingerprint density at radius 2 is 2.26 bits per heavy atom. The van der Waals surface area contributed by atoms with E-state index in [-0.39, 0.29) is 6.10 Å². The molecular formula is C14H25N3OS. The monoisotopic (exact) mass is 283 g/mol. The Bertz CT molecular complexity index is 361. The molecule has 1 aliphatic rings. The molecule has 4 nitrogen and oxygen atoms in total.